The SMILES string of the molecule is CCCCc1nn(-c2ccccc2C(F)(F)F)c(NS(=O)(=O)C(F)(F)C(F)(F)F)c1Cc1ccc(-c2ccccc2-c2nnn[nH]2)cc1. The van der Waals surface area contributed by atoms with E-state index in [2.05, 4.69) is 25.7 Å². The Bertz CT molecular complexity index is 1990. The number of aromatic amines is 1. The van der Waals surface area contributed by atoms with Crippen LogP contribution >= 0.6 is 0 Å². The van der Waals surface area contributed by atoms with Gasteiger partial charge in [-0.1, -0.05) is 74.0 Å². The number of hydrogen-bond donors (Lipinski definition) is 2. The minimum Gasteiger partial charge on any atom is -0.262 e. The van der Waals surface area contributed by atoms with Crippen molar-refractivity contribution in [2.24, 2.45) is 0 Å². The number of halogens is 8. The number of rotatable bonds is 11. The summed E-state index contributed by atoms with van der Waals surface area (Å²) in [6.45, 7) is 1.79. The number of hydrogen-bond acceptors (Lipinski definition) is 6. The van der Waals surface area contributed by atoms with Crippen LogP contribution in [0.4, 0.5) is 40.9 Å². The van der Waals surface area contributed by atoms with Crippen LogP contribution in [0.15, 0.2) is 72.8 Å². The van der Waals surface area contributed by atoms with Gasteiger partial charge in [0.1, 0.15) is 5.82 Å². The second-order valence-corrected chi connectivity index (χ2v) is 12.3. The lowest BCUT2D eigenvalue weighted by atomic mass is 9.96. The number of benzene rings is 3. The Hall–Kier alpha value is -4.87. The van der Waals surface area contributed by atoms with Gasteiger partial charge in [0.15, 0.2) is 5.82 Å². The lowest BCUT2D eigenvalue weighted by Crippen LogP contribution is -2.47. The Balaban J connectivity index is 1.65. The van der Waals surface area contributed by atoms with E-state index in [9.17, 15) is 43.5 Å². The van der Waals surface area contributed by atoms with Crippen LogP contribution in [0.5, 0.6) is 0 Å². The zero-order valence-electron chi connectivity index (χ0n) is 24.7. The summed E-state index contributed by atoms with van der Waals surface area (Å²) < 4.78 is 137. The molecule has 0 spiro atoms. The summed E-state index contributed by atoms with van der Waals surface area (Å²) in [7, 11) is -6.61. The Morgan fingerprint density at radius 1 is 0.854 bits per heavy atom. The Labute approximate surface area is 268 Å². The molecule has 0 aliphatic heterocycles. The number of nitrogens with one attached hydrogen (secondary N) is 2. The molecule has 0 bridgehead atoms. The number of nitrogens with zero attached hydrogens (tertiary/aromatic N) is 5. The smallest absolute Gasteiger partial charge is 0.262 e. The molecule has 2 aromatic heterocycles. The van der Waals surface area contributed by atoms with Crippen LogP contribution < -0.4 is 4.72 Å². The summed E-state index contributed by atoms with van der Waals surface area (Å²) in [6, 6.07) is 17.4. The van der Waals surface area contributed by atoms with Crippen molar-refractivity contribution >= 4 is 15.8 Å². The third-order valence-corrected chi connectivity index (χ3v) is 8.71. The maximum absolute atomic E-state index is 14.3. The fraction of sp³-hybridized carbons (Fsp3) is 0.267. The molecule has 0 unspecified atom stereocenters. The molecule has 18 heteroatoms. The van der Waals surface area contributed by atoms with Gasteiger partial charge in [-0.25, -0.2) is 9.78 Å². The minimum atomic E-state index is -6.61. The predicted molar refractivity (Wildman–Crippen MR) is 159 cm³/mol. The number of sulfonamides is 1. The summed E-state index contributed by atoms with van der Waals surface area (Å²) in [4.78, 5) is 0. The highest BCUT2D eigenvalue weighted by molar-refractivity contribution is 7.93. The lowest BCUT2D eigenvalue weighted by Gasteiger charge is -2.22. The molecule has 9 nitrogen and oxygen atoms in total. The molecule has 2 heterocycles. The van der Waals surface area contributed by atoms with Gasteiger partial charge in [-0.15, -0.1) is 5.10 Å². The molecule has 5 rings (SSSR count). The second-order valence-electron chi connectivity index (χ2n) is 10.6. The molecule has 0 saturated heterocycles. The molecule has 0 atom stereocenters. The van der Waals surface area contributed by atoms with Crippen molar-refractivity contribution in [3.8, 4) is 28.2 Å². The molecule has 0 fully saturated rings. The van der Waals surface area contributed by atoms with Gasteiger partial charge in [-0.3, -0.25) is 4.72 Å². The van der Waals surface area contributed by atoms with Gasteiger partial charge in [-0.05, 0) is 52.1 Å². The largest absolute Gasteiger partial charge is 0.471 e. The van der Waals surface area contributed by atoms with Crippen molar-refractivity contribution in [1.82, 2.24) is 30.4 Å². The molecule has 0 radical (unpaired) electrons. The fourth-order valence-corrected chi connectivity index (χ4v) is 5.87. The van der Waals surface area contributed by atoms with E-state index in [-0.39, 0.29) is 24.1 Å². The Morgan fingerprint density at radius 2 is 1.50 bits per heavy atom. The number of aromatic nitrogens is 6. The summed E-state index contributed by atoms with van der Waals surface area (Å²) in [6.07, 6.45) is -10.9. The van der Waals surface area contributed by atoms with Crippen LogP contribution in [0.3, 0.4) is 0 Å². The molecule has 2 N–H and O–H groups in total. The molecular weight excluding hydrogens is 674 g/mol. The molecule has 3 aromatic carbocycles. The maximum atomic E-state index is 14.3. The van der Waals surface area contributed by atoms with E-state index in [4.69, 9.17) is 0 Å². The van der Waals surface area contributed by atoms with Gasteiger partial charge >= 0.3 is 27.6 Å². The Morgan fingerprint density at radius 3 is 2.10 bits per heavy atom. The number of alkyl halides is 8. The van der Waals surface area contributed by atoms with Crippen molar-refractivity contribution in [2.45, 2.75) is 50.2 Å². The second kappa shape index (κ2) is 13.0. The van der Waals surface area contributed by atoms with E-state index in [1.165, 1.54) is 4.72 Å². The van der Waals surface area contributed by atoms with E-state index in [1.807, 2.05) is 0 Å². The van der Waals surface area contributed by atoms with E-state index in [0.717, 1.165) is 18.2 Å². The highest BCUT2D eigenvalue weighted by Crippen LogP contribution is 2.42. The van der Waals surface area contributed by atoms with Crippen LogP contribution in [0, 0.1) is 0 Å². The van der Waals surface area contributed by atoms with Crippen molar-refractivity contribution in [3.05, 3.63) is 95.2 Å². The lowest BCUT2D eigenvalue weighted by molar-refractivity contribution is -0.241. The number of aryl methyl sites for hydroxylation is 1. The number of para-hydroxylation sites is 1. The van der Waals surface area contributed by atoms with Crippen LogP contribution in [0.1, 0.15) is 42.1 Å². The zero-order valence-corrected chi connectivity index (χ0v) is 25.6. The quantitative estimate of drug-likeness (QED) is 0.137. The van der Waals surface area contributed by atoms with Crippen LogP contribution in [0.25, 0.3) is 28.2 Å². The van der Waals surface area contributed by atoms with Crippen LogP contribution in [-0.2, 0) is 29.0 Å². The molecule has 254 valence electrons. The first-order valence-corrected chi connectivity index (χ1v) is 15.7. The van der Waals surface area contributed by atoms with E-state index in [1.54, 1.807) is 55.5 Å². The number of H-pyrrole nitrogens is 1. The predicted octanol–water partition coefficient (Wildman–Crippen LogP) is 7.57. The van der Waals surface area contributed by atoms with E-state index in [0.29, 0.717) is 51.7 Å². The highest BCUT2D eigenvalue weighted by atomic mass is 32.2. The first kappa shape index (κ1) is 34.5. The van der Waals surface area contributed by atoms with Crippen molar-refractivity contribution in [3.63, 3.8) is 0 Å². The van der Waals surface area contributed by atoms with Gasteiger partial charge < -0.3 is 0 Å². The van der Waals surface area contributed by atoms with Crippen LogP contribution in [-0.4, -0.2) is 50.3 Å². The number of tetrazole rings is 1. The summed E-state index contributed by atoms with van der Waals surface area (Å²) in [5.74, 6) is -0.594. The van der Waals surface area contributed by atoms with E-state index < -0.39 is 44.7 Å². The highest BCUT2D eigenvalue weighted by Gasteiger charge is 2.68. The first-order valence-electron chi connectivity index (χ1n) is 14.2. The van der Waals surface area contributed by atoms with Crippen molar-refractivity contribution in [2.75, 3.05) is 4.72 Å². The summed E-state index contributed by atoms with van der Waals surface area (Å²) in [5, 5.41) is 11.6. The zero-order chi connectivity index (χ0) is 34.9. The average Bonchev–Trinajstić information content (AvgIpc) is 3.68. The van der Waals surface area contributed by atoms with Gasteiger partial charge in [0.2, 0.25) is 0 Å². The van der Waals surface area contributed by atoms with Crippen molar-refractivity contribution in [1.29, 1.82) is 0 Å². The topological polar surface area (TPSA) is 118 Å². The van der Waals surface area contributed by atoms with Crippen molar-refractivity contribution < 1.29 is 43.5 Å². The summed E-state index contributed by atoms with van der Waals surface area (Å²) >= 11 is 0. The average molecular weight is 700 g/mol. The first-order chi connectivity index (χ1) is 22.5. The standard InChI is InChI=1S/C30H25F8N7O2S/c1-2-3-11-24-22(17-18-13-15-19(16-14-18)20-8-4-5-9-21(20)26-39-43-44-40-26)27(42-48(46,47)30(37,38)29(34,35)36)45(41-24)25-12-7-6-10-23(25)28(31,32)33/h4-10,12-16,42H,2-3,11,17H2,1H3,(H,39,40,43,44). The molecule has 0 saturated carbocycles. The van der Waals surface area contributed by atoms with Gasteiger partial charge in [0.25, 0.3) is 0 Å². The van der Waals surface area contributed by atoms with Crippen LogP contribution in [0.2, 0.25) is 0 Å². The maximum Gasteiger partial charge on any atom is 0.471 e. The molecule has 0 aliphatic carbocycles. The van der Waals surface area contributed by atoms with Gasteiger partial charge in [-0.2, -0.15) is 48.6 Å². The normalized spacial score (nSPS) is 12.8. The molecule has 48 heavy (non-hydrogen) atoms. The fourth-order valence-electron chi connectivity index (χ4n) is 4.97. The minimum absolute atomic E-state index is 0.00842. The molecule has 0 aliphatic rings. The third kappa shape index (κ3) is 6.74. The Kier molecular flexibility index (Phi) is 9.31. The summed E-state index contributed by atoms with van der Waals surface area (Å²) in [5.41, 5.74) is 0.191. The molecule has 0 amide bonds. The third-order valence-electron chi connectivity index (χ3n) is 7.34. The van der Waals surface area contributed by atoms with E-state index >= 15 is 0 Å². The van der Waals surface area contributed by atoms with Gasteiger partial charge in [0, 0.05) is 17.5 Å². The van der Waals surface area contributed by atoms with Gasteiger partial charge in [0.05, 0.1) is 16.9 Å². The number of unbranched alkanes of at least 4 members (excludes halogenated alkanes) is 1. The monoisotopic (exact) mass is 699 g/mol. The molecule has 5 aromatic rings. The number of anilines is 1. The molecular formula is C30H25F8N7O2S.